The molecule has 0 bridgehead atoms. The molecule has 2 fully saturated rings. The molecule has 0 amide bonds. The normalized spacial score (nSPS) is 20.7. The van der Waals surface area contributed by atoms with Crippen LogP contribution in [-0.4, -0.2) is 30.2 Å². The number of aromatic nitrogens is 2. The van der Waals surface area contributed by atoms with Crippen molar-refractivity contribution >= 4 is 127 Å². The second-order valence-electron chi connectivity index (χ2n) is 11.6. The molecular formula is C30H20Cl9F6N8Na. The number of nitrogens with one attached hydrogen (secondary N) is 1. The number of alkyl halides is 10. The first-order valence-electron chi connectivity index (χ1n) is 14.0. The average molecular weight is 949 g/mol. The number of nitrogens with two attached hydrogens (primary N) is 1. The van der Waals surface area contributed by atoms with E-state index in [1.165, 1.54) is 0 Å². The van der Waals surface area contributed by atoms with Crippen molar-refractivity contribution in [2.45, 2.75) is 53.1 Å². The molecule has 8 nitrogen and oxygen atoms in total. The van der Waals surface area contributed by atoms with Crippen molar-refractivity contribution in [2.24, 2.45) is 10.5 Å². The van der Waals surface area contributed by atoms with Gasteiger partial charge in [-0.05, 0) is 37.1 Å². The molecule has 24 heteroatoms. The number of nitriles is 1. The summed E-state index contributed by atoms with van der Waals surface area (Å²) in [5, 5.41) is 14.7. The number of hydrazone groups is 1. The summed E-state index contributed by atoms with van der Waals surface area (Å²) in [6.45, 7) is 16.8. The minimum atomic E-state index is -4.62. The molecule has 54 heavy (non-hydrogen) atoms. The Morgan fingerprint density at radius 1 is 0.944 bits per heavy atom. The van der Waals surface area contributed by atoms with Gasteiger partial charge in [0.1, 0.15) is 31.4 Å². The van der Waals surface area contributed by atoms with Crippen LogP contribution < -0.4 is 40.7 Å². The Labute approximate surface area is 373 Å². The van der Waals surface area contributed by atoms with Gasteiger partial charge in [0.05, 0.1) is 54.6 Å². The smallest absolute Gasteiger partial charge is 1.00 e. The Kier molecular flexibility index (Phi) is 15.9. The van der Waals surface area contributed by atoms with E-state index in [4.69, 9.17) is 129 Å². The molecule has 2 saturated carbocycles. The summed E-state index contributed by atoms with van der Waals surface area (Å²) in [7, 11) is 0. The maximum Gasteiger partial charge on any atom is 1.00 e. The molecule has 0 aliphatic heterocycles. The molecule has 2 unspecified atom stereocenters. The maximum absolute atomic E-state index is 12.9. The van der Waals surface area contributed by atoms with Crippen molar-refractivity contribution in [3.05, 3.63) is 84.0 Å². The number of rotatable bonds is 5. The van der Waals surface area contributed by atoms with E-state index >= 15 is 0 Å². The van der Waals surface area contributed by atoms with Gasteiger partial charge in [-0.15, -0.1) is 46.4 Å². The molecule has 1 heterocycles. The van der Waals surface area contributed by atoms with E-state index in [0.29, 0.717) is 25.0 Å². The number of anilines is 2. The summed E-state index contributed by atoms with van der Waals surface area (Å²) in [6.07, 6.45) is -8.42. The van der Waals surface area contributed by atoms with E-state index in [1.54, 1.807) is 19.9 Å². The van der Waals surface area contributed by atoms with Crippen molar-refractivity contribution in [1.82, 2.24) is 9.78 Å². The van der Waals surface area contributed by atoms with Crippen molar-refractivity contribution in [3.63, 3.8) is 0 Å². The van der Waals surface area contributed by atoms with Crippen LogP contribution in [0.4, 0.5) is 43.5 Å². The zero-order valence-corrected chi connectivity index (χ0v) is 36.2. The number of hydrogen-bond acceptors (Lipinski definition) is 5. The SMILES string of the molecule is CC1(/C(Cl)=N/Nc2c(Cl)cc(C(F)(F)F)cc2Cl)CC1(Cl)Cl.[C-]#[N+]CC#N.[C-]#[N+]c1c(C2(C)CC2(Cl)Cl)nn(-c2c(Cl)cc(C(F)(F)F)cc2Cl)c1N.[H-].[Na+]. The number of nitrogens with zero attached hydrogens (tertiary/aromatic N) is 6. The molecule has 2 atom stereocenters. The third-order valence-corrected chi connectivity index (χ3v) is 11.7. The summed E-state index contributed by atoms with van der Waals surface area (Å²) >= 11 is 53.8. The maximum atomic E-state index is 12.9. The predicted molar refractivity (Wildman–Crippen MR) is 199 cm³/mol. The van der Waals surface area contributed by atoms with Gasteiger partial charge in [-0.2, -0.15) is 41.8 Å². The van der Waals surface area contributed by atoms with Gasteiger partial charge in [0.2, 0.25) is 0 Å². The summed E-state index contributed by atoms with van der Waals surface area (Å²) in [5.74, 6) is -0.115. The van der Waals surface area contributed by atoms with Crippen LogP contribution in [0, 0.1) is 29.9 Å². The number of nitrogen functional groups attached to an aromatic ring is 1. The first-order valence-corrected chi connectivity index (χ1v) is 17.4. The molecule has 0 spiro atoms. The zero-order chi connectivity index (χ0) is 40.7. The predicted octanol–water partition coefficient (Wildman–Crippen LogP) is 10.3. The number of hydrogen-bond donors (Lipinski definition) is 2. The fourth-order valence-corrected chi connectivity index (χ4v) is 7.41. The van der Waals surface area contributed by atoms with Crippen molar-refractivity contribution in [2.75, 3.05) is 17.7 Å². The van der Waals surface area contributed by atoms with Crippen molar-refractivity contribution in [1.29, 1.82) is 5.26 Å². The number of benzene rings is 2. The summed E-state index contributed by atoms with van der Waals surface area (Å²) in [4.78, 5) is 6.11. The third kappa shape index (κ3) is 10.4. The molecule has 0 saturated heterocycles. The van der Waals surface area contributed by atoms with Crippen LogP contribution >= 0.6 is 104 Å². The molecule has 3 aromatic rings. The fourth-order valence-electron chi connectivity index (χ4n) is 4.39. The topological polar surface area (TPSA) is 101 Å². The summed E-state index contributed by atoms with van der Waals surface area (Å²) < 4.78 is 75.5. The molecule has 2 aliphatic carbocycles. The van der Waals surface area contributed by atoms with Gasteiger partial charge in [0, 0.05) is 5.41 Å². The van der Waals surface area contributed by atoms with Crippen LogP contribution in [-0.2, 0) is 17.8 Å². The largest absolute Gasteiger partial charge is 1.00 e. The molecule has 1 aromatic heterocycles. The van der Waals surface area contributed by atoms with Crippen molar-refractivity contribution in [3.8, 4) is 11.8 Å². The molecule has 5 rings (SSSR count). The van der Waals surface area contributed by atoms with Gasteiger partial charge in [-0.25, -0.2) is 16.1 Å². The summed E-state index contributed by atoms with van der Waals surface area (Å²) in [6, 6.07) is 4.58. The van der Waals surface area contributed by atoms with Gasteiger partial charge in [-0.1, -0.05) is 71.9 Å². The number of halogens is 15. The molecule has 3 N–H and O–H groups in total. The standard InChI is InChI=1S/C15H9Cl4F3N4.C12H8Cl5F3N2.C3H2N2.Na.H/c1-13(5-14(13,18)19)11-9(24-2)12(23)26(25-11)10-7(16)3-6(4-8(10)17)15(20,21)22;1-10(4-11(10,16)17)9(15)22-21-8-6(13)2-5(3-7(8)14)12(18,19)20;1-5-3-2-4;;/h3-4H,5,23H2,1H3;2-3,21H,4H2,1H3;3H2;;/q;;;+1;-1/b;22-9-;;;. The van der Waals surface area contributed by atoms with Gasteiger partial charge in [0.15, 0.2) is 0 Å². The minimum absolute atomic E-state index is 0. The fraction of sp³-hybridized carbons (Fsp3) is 0.367. The van der Waals surface area contributed by atoms with E-state index in [9.17, 15) is 26.3 Å². The van der Waals surface area contributed by atoms with Gasteiger partial charge in [-0.3, -0.25) is 5.43 Å². The van der Waals surface area contributed by atoms with E-state index in [-0.39, 0.29) is 91.4 Å². The first-order chi connectivity index (χ1) is 24.1. The summed E-state index contributed by atoms with van der Waals surface area (Å²) in [5.41, 5.74) is 5.10. The first kappa shape index (κ1) is 48.7. The Hall–Kier alpha value is -1.42. The quantitative estimate of drug-likeness (QED) is 0.0506. The van der Waals surface area contributed by atoms with Gasteiger partial charge < -0.3 is 12.0 Å². The molecule has 0 radical (unpaired) electrons. The average Bonchev–Trinajstić information content (AvgIpc) is 3.68. The Morgan fingerprint density at radius 2 is 1.37 bits per heavy atom. The molecular weight excluding hydrogens is 928 g/mol. The molecule has 2 aliphatic rings. The molecule has 2 aromatic carbocycles. The van der Waals surface area contributed by atoms with E-state index in [0.717, 1.165) is 16.8 Å². The van der Waals surface area contributed by atoms with Crippen LogP contribution in [0.25, 0.3) is 15.4 Å². The zero-order valence-electron chi connectivity index (χ0n) is 28.4. The van der Waals surface area contributed by atoms with Crippen LogP contribution in [0.2, 0.25) is 20.1 Å². The molecule has 286 valence electrons. The van der Waals surface area contributed by atoms with Crippen LogP contribution in [0.5, 0.6) is 0 Å². The Morgan fingerprint density at radius 3 is 1.69 bits per heavy atom. The van der Waals surface area contributed by atoms with Crippen molar-refractivity contribution < 1.29 is 57.3 Å². The minimum Gasteiger partial charge on any atom is -1.00 e. The second-order valence-corrected chi connectivity index (χ2v) is 16.6. The monoisotopic (exact) mass is 944 g/mol. The van der Waals surface area contributed by atoms with Crippen LogP contribution in [0.1, 0.15) is 44.9 Å². The Bertz CT molecular complexity index is 2040. The van der Waals surface area contributed by atoms with E-state index in [1.807, 2.05) is 0 Å². The van der Waals surface area contributed by atoms with Crippen LogP contribution in [0.3, 0.4) is 0 Å². The van der Waals surface area contributed by atoms with E-state index < -0.39 is 43.0 Å². The van der Waals surface area contributed by atoms with Gasteiger partial charge in [0.25, 0.3) is 12.2 Å². The third-order valence-electron chi connectivity index (χ3n) is 7.84. The van der Waals surface area contributed by atoms with Gasteiger partial charge >= 0.3 is 41.9 Å². The Balaban J connectivity index is 0.000000479. The second kappa shape index (κ2) is 17.6. The van der Waals surface area contributed by atoms with Crippen LogP contribution in [0.15, 0.2) is 29.4 Å². The van der Waals surface area contributed by atoms with E-state index in [2.05, 4.69) is 25.3 Å².